The van der Waals surface area contributed by atoms with Crippen LogP contribution in [-0.4, -0.2) is 44.8 Å². The van der Waals surface area contributed by atoms with Crippen LogP contribution in [0.1, 0.15) is 23.7 Å². The molecule has 0 heterocycles. The summed E-state index contributed by atoms with van der Waals surface area (Å²) >= 11 is 0. The number of para-hydroxylation sites is 1. The molecule has 0 aliphatic heterocycles. The molecule has 0 unspecified atom stereocenters. The zero-order valence-corrected chi connectivity index (χ0v) is 16.8. The van der Waals surface area contributed by atoms with Crippen molar-refractivity contribution in [3.05, 3.63) is 54.1 Å². The van der Waals surface area contributed by atoms with E-state index in [0.717, 1.165) is 5.75 Å². The molecule has 158 valence electrons. The summed E-state index contributed by atoms with van der Waals surface area (Å²) in [5.74, 6) is 0.484. The lowest BCUT2D eigenvalue weighted by Gasteiger charge is -2.14. The Morgan fingerprint density at radius 3 is 2.50 bits per heavy atom. The minimum atomic E-state index is -0.662. The molecule has 0 radical (unpaired) electrons. The maximum atomic E-state index is 12.2. The number of ether oxygens (including phenoxy) is 4. The minimum Gasteiger partial charge on any atom is -0.490 e. The van der Waals surface area contributed by atoms with Crippen LogP contribution in [0.3, 0.4) is 0 Å². The number of amides is 1. The highest BCUT2D eigenvalue weighted by atomic mass is 16.5. The first kappa shape index (κ1) is 22.6. The number of carbonyl (C=O) groups excluding carboxylic acids is 2. The van der Waals surface area contributed by atoms with Gasteiger partial charge in [-0.2, -0.15) is 5.26 Å². The van der Waals surface area contributed by atoms with Gasteiger partial charge in [-0.1, -0.05) is 18.2 Å². The molecule has 2 rings (SSSR count). The van der Waals surface area contributed by atoms with Crippen molar-refractivity contribution in [2.24, 2.45) is 0 Å². The minimum absolute atomic E-state index is 0.190. The number of hydrogen-bond donors (Lipinski definition) is 1. The van der Waals surface area contributed by atoms with Crippen molar-refractivity contribution in [1.29, 1.82) is 5.26 Å². The van der Waals surface area contributed by atoms with Crippen LogP contribution < -0.4 is 19.5 Å². The first-order valence-electron chi connectivity index (χ1n) is 9.52. The van der Waals surface area contributed by atoms with Gasteiger partial charge in [0.15, 0.2) is 18.1 Å². The fourth-order valence-electron chi connectivity index (χ4n) is 2.37. The van der Waals surface area contributed by atoms with Gasteiger partial charge in [0.05, 0.1) is 24.7 Å². The Kier molecular flexibility index (Phi) is 9.53. The van der Waals surface area contributed by atoms with Gasteiger partial charge in [-0.05, 0) is 37.3 Å². The van der Waals surface area contributed by atoms with Gasteiger partial charge in [0, 0.05) is 6.54 Å². The van der Waals surface area contributed by atoms with Crippen molar-refractivity contribution < 1.29 is 28.5 Å². The van der Waals surface area contributed by atoms with E-state index in [-0.39, 0.29) is 18.5 Å². The number of carbonyl (C=O) groups is 2. The van der Waals surface area contributed by atoms with E-state index < -0.39 is 18.5 Å². The molecular formula is C22H24N2O6. The van der Waals surface area contributed by atoms with Crippen molar-refractivity contribution in [2.45, 2.75) is 13.3 Å². The summed E-state index contributed by atoms with van der Waals surface area (Å²) in [5.41, 5.74) is 0.233. The fraction of sp³-hybridized carbons (Fsp3) is 0.318. The maximum absolute atomic E-state index is 12.2. The molecular weight excluding hydrogens is 388 g/mol. The van der Waals surface area contributed by atoms with Gasteiger partial charge < -0.3 is 24.3 Å². The molecule has 8 heteroatoms. The SMILES string of the molecule is CCOc1cc(C(=O)OCC(=O)NCCC#N)ccc1OCCOc1ccccc1. The summed E-state index contributed by atoms with van der Waals surface area (Å²) in [5, 5.41) is 10.9. The van der Waals surface area contributed by atoms with E-state index >= 15 is 0 Å². The van der Waals surface area contributed by atoms with E-state index in [1.807, 2.05) is 43.3 Å². The van der Waals surface area contributed by atoms with E-state index in [0.29, 0.717) is 31.3 Å². The van der Waals surface area contributed by atoms with Crippen molar-refractivity contribution >= 4 is 11.9 Å². The largest absolute Gasteiger partial charge is 0.490 e. The van der Waals surface area contributed by atoms with E-state index in [4.69, 9.17) is 24.2 Å². The summed E-state index contributed by atoms with van der Waals surface area (Å²) in [6, 6.07) is 16.0. The molecule has 1 N–H and O–H groups in total. The lowest BCUT2D eigenvalue weighted by molar-refractivity contribution is -0.124. The Hall–Kier alpha value is -3.73. The molecule has 0 spiro atoms. The van der Waals surface area contributed by atoms with E-state index in [1.165, 1.54) is 12.1 Å². The zero-order chi connectivity index (χ0) is 21.6. The summed E-state index contributed by atoms with van der Waals surface area (Å²) in [7, 11) is 0. The zero-order valence-electron chi connectivity index (χ0n) is 16.8. The number of nitrogens with one attached hydrogen (secondary N) is 1. The smallest absolute Gasteiger partial charge is 0.338 e. The van der Waals surface area contributed by atoms with Gasteiger partial charge in [0.1, 0.15) is 19.0 Å². The molecule has 0 aliphatic rings. The van der Waals surface area contributed by atoms with Crippen molar-refractivity contribution in [3.63, 3.8) is 0 Å². The second-order valence-corrected chi connectivity index (χ2v) is 5.94. The van der Waals surface area contributed by atoms with Crippen LogP contribution in [0.25, 0.3) is 0 Å². The van der Waals surface area contributed by atoms with Gasteiger partial charge in [-0.3, -0.25) is 4.79 Å². The normalized spacial score (nSPS) is 9.87. The van der Waals surface area contributed by atoms with Crippen molar-refractivity contribution in [3.8, 4) is 23.3 Å². The number of nitrogens with zero attached hydrogens (tertiary/aromatic N) is 1. The van der Waals surface area contributed by atoms with E-state index in [9.17, 15) is 9.59 Å². The Labute approximate surface area is 175 Å². The Morgan fingerprint density at radius 2 is 1.77 bits per heavy atom. The molecule has 0 saturated carbocycles. The van der Waals surface area contributed by atoms with Gasteiger partial charge in [0.2, 0.25) is 0 Å². The molecule has 30 heavy (non-hydrogen) atoms. The fourth-order valence-corrected chi connectivity index (χ4v) is 2.37. The molecule has 0 aromatic heterocycles. The van der Waals surface area contributed by atoms with Crippen LogP contribution in [0.2, 0.25) is 0 Å². The van der Waals surface area contributed by atoms with Crippen LogP contribution in [0.5, 0.6) is 17.2 Å². The average molecular weight is 412 g/mol. The molecule has 2 aromatic rings. The third-order valence-electron chi connectivity index (χ3n) is 3.73. The molecule has 0 saturated heterocycles. The van der Waals surface area contributed by atoms with Crippen LogP contribution in [0.4, 0.5) is 0 Å². The van der Waals surface area contributed by atoms with Gasteiger partial charge in [-0.15, -0.1) is 0 Å². The van der Waals surface area contributed by atoms with E-state index in [1.54, 1.807) is 6.07 Å². The predicted octanol–water partition coefficient (Wildman–Crippen LogP) is 2.73. The monoisotopic (exact) mass is 412 g/mol. The topological polar surface area (TPSA) is 107 Å². The molecule has 0 bridgehead atoms. The third-order valence-corrected chi connectivity index (χ3v) is 3.73. The number of nitriles is 1. The van der Waals surface area contributed by atoms with Gasteiger partial charge in [-0.25, -0.2) is 4.79 Å². The number of hydrogen-bond acceptors (Lipinski definition) is 7. The Balaban J connectivity index is 1.87. The Bertz CT molecular complexity index is 864. The summed E-state index contributed by atoms with van der Waals surface area (Å²) in [6.07, 6.45) is 0.190. The lowest BCUT2D eigenvalue weighted by Crippen LogP contribution is -2.29. The average Bonchev–Trinajstić information content (AvgIpc) is 2.77. The first-order chi connectivity index (χ1) is 14.6. The van der Waals surface area contributed by atoms with E-state index in [2.05, 4.69) is 5.32 Å². The summed E-state index contributed by atoms with van der Waals surface area (Å²) in [6.45, 7) is 2.63. The van der Waals surface area contributed by atoms with Crippen LogP contribution in [0.15, 0.2) is 48.5 Å². The standard InChI is InChI=1S/C22H24N2O6/c1-2-27-20-15-17(22(26)30-16-21(25)24-12-6-11-23)9-10-19(20)29-14-13-28-18-7-4-3-5-8-18/h3-5,7-10,15H,2,6,12-14,16H2,1H3,(H,24,25). The number of rotatable bonds is 12. The summed E-state index contributed by atoms with van der Waals surface area (Å²) < 4.78 is 21.8. The van der Waals surface area contributed by atoms with Gasteiger partial charge >= 0.3 is 5.97 Å². The van der Waals surface area contributed by atoms with Crippen molar-refractivity contribution in [2.75, 3.05) is 33.0 Å². The van der Waals surface area contributed by atoms with Crippen LogP contribution in [0, 0.1) is 11.3 Å². The number of esters is 1. The Morgan fingerprint density at radius 1 is 1.00 bits per heavy atom. The molecule has 2 aromatic carbocycles. The molecule has 0 fully saturated rings. The molecule has 8 nitrogen and oxygen atoms in total. The highest BCUT2D eigenvalue weighted by molar-refractivity contribution is 5.92. The predicted molar refractivity (Wildman–Crippen MR) is 109 cm³/mol. The van der Waals surface area contributed by atoms with Crippen LogP contribution in [-0.2, 0) is 9.53 Å². The second-order valence-electron chi connectivity index (χ2n) is 5.94. The van der Waals surface area contributed by atoms with Crippen molar-refractivity contribution in [1.82, 2.24) is 5.32 Å². The van der Waals surface area contributed by atoms with Gasteiger partial charge in [0.25, 0.3) is 5.91 Å². The molecule has 0 atom stereocenters. The first-order valence-corrected chi connectivity index (χ1v) is 9.52. The number of benzene rings is 2. The second kappa shape index (κ2) is 12.7. The lowest BCUT2D eigenvalue weighted by atomic mass is 10.2. The highest BCUT2D eigenvalue weighted by Gasteiger charge is 2.14. The summed E-state index contributed by atoms with van der Waals surface area (Å²) in [4.78, 5) is 23.8. The third kappa shape index (κ3) is 7.72. The molecule has 0 aliphatic carbocycles. The molecule has 1 amide bonds. The maximum Gasteiger partial charge on any atom is 0.338 e. The quantitative estimate of drug-likeness (QED) is 0.422. The van der Waals surface area contributed by atoms with Crippen LogP contribution >= 0.6 is 0 Å². The highest BCUT2D eigenvalue weighted by Crippen LogP contribution is 2.29.